The molecule has 3 rings (SSSR count). The molecule has 3 aromatic rings. The number of halogens is 1. The first-order chi connectivity index (χ1) is 12.1. The first-order valence-electron chi connectivity index (χ1n) is 7.78. The van der Waals surface area contributed by atoms with Crippen molar-refractivity contribution in [3.8, 4) is 5.75 Å². The smallest absolute Gasteiger partial charge is 0.275 e. The molecule has 7 nitrogen and oxygen atoms in total. The Morgan fingerprint density at radius 3 is 2.92 bits per heavy atom. The van der Waals surface area contributed by atoms with Crippen molar-refractivity contribution in [2.75, 3.05) is 12.4 Å². The fraction of sp³-hybridized carbons (Fsp3) is 0.235. The average molecular weight is 404 g/mol. The zero-order chi connectivity index (χ0) is 17.8. The van der Waals surface area contributed by atoms with Crippen LogP contribution in [0.1, 0.15) is 23.0 Å². The van der Waals surface area contributed by atoms with Gasteiger partial charge in [0.2, 0.25) is 0 Å². The van der Waals surface area contributed by atoms with E-state index in [2.05, 4.69) is 31.4 Å². The Bertz CT molecular complexity index is 887. The van der Waals surface area contributed by atoms with Gasteiger partial charge in [0.1, 0.15) is 11.4 Å². The third-order valence-electron chi connectivity index (χ3n) is 3.68. The van der Waals surface area contributed by atoms with Gasteiger partial charge >= 0.3 is 0 Å². The Hall–Kier alpha value is -2.61. The Labute approximate surface area is 153 Å². The van der Waals surface area contributed by atoms with E-state index in [1.54, 1.807) is 35.1 Å². The molecule has 0 spiro atoms. The molecule has 1 N–H and O–H groups in total. The molecule has 0 aliphatic rings. The molecule has 0 fully saturated rings. The summed E-state index contributed by atoms with van der Waals surface area (Å²) >= 11 is 3.36. The molecule has 1 amide bonds. The summed E-state index contributed by atoms with van der Waals surface area (Å²) in [6.45, 7) is 3.13. The Balaban J connectivity index is 1.71. The van der Waals surface area contributed by atoms with Gasteiger partial charge in [-0.25, -0.2) is 0 Å². The predicted octanol–water partition coefficient (Wildman–Crippen LogP) is 3.17. The van der Waals surface area contributed by atoms with Gasteiger partial charge in [0.05, 0.1) is 36.2 Å². The first kappa shape index (κ1) is 17.2. The molecule has 0 unspecified atom stereocenters. The number of nitrogens with zero attached hydrogens (tertiary/aromatic N) is 4. The molecule has 2 aromatic heterocycles. The number of nitrogens with one attached hydrogen (secondary N) is 1. The maximum absolute atomic E-state index is 12.5. The Kier molecular flexibility index (Phi) is 5.18. The van der Waals surface area contributed by atoms with Crippen LogP contribution in [0.25, 0.3) is 0 Å². The van der Waals surface area contributed by atoms with Crippen molar-refractivity contribution in [1.82, 2.24) is 19.6 Å². The SMILES string of the molecule is CCn1ncc(Br)c1C(=O)Nc1cnn(Cc2cccc(OC)c2)c1. The van der Waals surface area contributed by atoms with Crippen LogP contribution in [-0.4, -0.2) is 32.6 Å². The maximum Gasteiger partial charge on any atom is 0.275 e. The molecule has 0 bridgehead atoms. The largest absolute Gasteiger partial charge is 0.497 e. The predicted molar refractivity (Wildman–Crippen MR) is 97.9 cm³/mol. The number of hydrogen-bond acceptors (Lipinski definition) is 4. The lowest BCUT2D eigenvalue weighted by Crippen LogP contribution is -2.17. The number of benzene rings is 1. The van der Waals surface area contributed by atoms with Crippen LogP contribution in [0.5, 0.6) is 5.75 Å². The number of amides is 1. The van der Waals surface area contributed by atoms with Gasteiger partial charge in [-0.05, 0) is 40.5 Å². The minimum atomic E-state index is -0.229. The third-order valence-corrected chi connectivity index (χ3v) is 4.26. The summed E-state index contributed by atoms with van der Waals surface area (Å²) in [4.78, 5) is 12.5. The lowest BCUT2D eigenvalue weighted by atomic mass is 10.2. The second-order valence-electron chi connectivity index (χ2n) is 5.39. The molecule has 2 heterocycles. The molecule has 0 aliphatic heterocycles. The number of anilines is 1. The first-order valence-corrected chi connectivity index (χ1v) is 8.58. The van der Waals surface area contributed by atoms with Gasteiger partial charge in [0.15, 0.2) is 0 Å². The molecular weight excluding hydrogens is 386 g/mol. The number of methoxy groups -OCH3 is 1. The molecule has 130 valence electrons. The van der Waals surface area contributed by atoms with Crippen molar-refractivity contribution in [3.63, 3.8) is 0 Å². The van der Waals surface area contributed by atoms with Gasteiger partial charge in [-0.3, -0.25) is 14.2 Å². The number of hydrogen-bond donors (Lipinski definition) is 1. The van der Waals surface area contributed by atoms with Crippen molar-refractivity contribution in [2.45, 2.75) is 20.0 Å². The van der Waals surface area contributed by atoms with E-state index in [0.717, 1.165) is 11.3 Å². The fourth-order valence-corrected chi connectivity index (χ4v) is 2.97. The fourth-order valence-electron chi connectivity index (χ4n) is 2.49. The van der Waals surface area contributed by atoms with Crippen LogP contribution in [0.15, 0.2) is 47.3 Å². The minimum Gasteiger partial charge on any atom is -0.497 e. The van der Waals surface area contributed by atoms with Crippen LogP contribution in [0.3, 0.4) is 0 Å². The van der Waals surface area contributed by atoms with E-state index in [0.29, 0.717) is 28.9 Å². The van der Waals surface area contributed by atoms with Crippen molar-refractivity contribution in [1.29, 1.82) is 0 Å². The summed E-state index contributed by atoms with van der Waals surface area (Å²) in [6.07, 6.45) is 5.03. The van der Waals surface area contributed by atoms with E-state index in [1.807, 2.05) is 31.2 Å². The van der Waals surface area contributed by atoms with Crippen LogP contribution < -0.4 is 10.1 Å². The van der Waals surface area contributed by atoms with Crippen LogP contribution in [0, 0.1) is 0 Å². The van der Waals surface area contributed by atoms with Gasteiger partial charge in [0.25, 0.3) is 5.91 Å². The van der Waals surface area contributed by atoms with E-state index in [-0.39, 0.29) is 5.91 Å². The van der Waals surface area contributed by atoms with E-state index < -0.39 is 0 Å². The molecule has 0 aliphatic carbocycles. The van der Waals surface area contributed by atoms with Crippen LogP contribution in [-0.2, 0) is 13.1 Å². The monoisotopic (exact) mass is 403 g/mol. The van der Waals surface area contributed by atoms with Crippen molar-refractivity contribution < 1.29 is 9.53 Å². The number of ether oxygens (including phenoxy) is 1. The zero-order valence-electron chi connectivity index (χ0n) is 13.9. The van der Waals surface area contributed by atoms with Crippen molar-refractivity contribution in [2.24, 2.45) is 0 Å². The summed E-state index contributed by atoms with van der Waals surface area (Å²) in [5.41, 5.74) is 2.18. The second-order valence-corrected chi connectivity index (χ2v) is 6.24. The topological polar surface area (TPSA) is 74.0 Å². The van der Waals surface area contributed by atoms with E-state index >= 15 is 0 Å². The highest BCUT2D eigenvalue weighted by Crippen LogP contribution is 2.18. The number of rotatable bonds is 6. The summed E-state index contributed by atoms with van der Waals surface area (Å²) in [5, 5.41) is 11.3. The Morgan fingerprint density at radius 1 is 1.32 bits per heavy atom. The van der Waals surface area contributed by atoms with Crippen LogP contribution in [0.4, 0.5) is 5.69 Å². The van der Waals surface area contributed by atoms with E-state index in [9.17, 15) is 4.79 Å². The average Bonchev–Trinajstić information content (AvgIpc) is 3.21. The van der Waals surface area contributed by atoms with Gasteiger partial charge in [-0.15, -0.1) is 0 Å². The van der Waals surface area contributed by atoms with Gasteiger partial charge in [-0.1, -0.05) is 12.1 Å². The summed E-state index contributed by atoms with van der Waals surface area (Å²) in [5.74, 6) is 0.572. The number of carbonyl (C=O) groups is 1. The highest BCUT2D eigenvalue weighted by molar-refractivity contribution is 9.10. The second kappa shape index (κ2) is 7.52. The van der Waals surface area contributed by atoms with Crippen molar-refractivity contribution in [3.05, 3.63) is 58.6 Å². The highest BCUT2D eigenvalue weighted by Gasteiger charge is 2.17. The summed E-state index contributed by atoms with van der Waals surface area (Å²) in [6, 6.07) is 7.78. The quantitative estimate of drug-likeness (QED) is 0.685. The number of aromatic nitrogens is 4. The highest BCUT2D eigenvalue weighted by atomic mass is 79.9. The molecule has 0 saturated heterocycles. The molecule has 25 heavy (non-hydrogen) atoms. The molecule has 8 heteroatoms. The number of aryl methyl sites for hydroxylation is 1. The molecule has 0 atom stereocenters. The standard InChI is InChI=1S/C17H18BrN5O2/c1-3-23-16(15(18)9-20-23)17(24)21-13-8-19-22(11-13)10-12-5-4-6-14(7-12)25-2/h4-9,11H,3,10H2,1-2H3,(H,21,24). The van der Waals surface area contributed by atoms with Gasteiger partial charge < -0.3 is 10.1 Å². The minimum absolute atomic E-state index is 0.229. The number of carbonyl (C=O) groups excluding carboxylic acids is 1. The Morgan fingerprint density at radius 2 is 2.16 bits per heavy atom. The lowest BCUT2D eigenvalue weighted by Gasteiger charge is -2.06. The van der Waals surface area contributed by atoms with Crippen LogP contribution >= 0.6 is 15.9 Å². The van der Waals surface area contributed by atoms with Crippen molar-refractivity contribution >= 4 is 27.5 Å². The van der Waals surface area contributed by atoms with E-state index in [1.165, 1.54) is 0 Å². The molecule has 1 aromatic carbocycles. The lowest BCUT2D eigenvalue weighted by molar-refractivity contribution is 0.101. The van der Waals surface area contributed by atoms with E-state index in [4.69, 9.17) is 4.74 Å². The van der Waals surface area contributed by atoms with Gasteiger partial charge in [-0.2, -0.15) is 10.2 Å². The summed E-state index contributed by atoms with van der Waals surface area (Å²) in [7, 11) is 1.64. The molecular formula is C17H18BrN5O2. The van der Waals surface area contributed by atoms with Gasteiger partial charge in [0, 0.05) is 12.7 Å². The molecule has 0 saturated carbocycles. The van der Waals surface area contributed by atoms with Crippen LogP contribution in [0.2, 0.25) is 0 Å². The maximum atomic E-state index is 12.5. The molecule has 0 radical (unpaired) electrons. The normalized spacial score (nSPS) is 10.7. The third kappa shape index (κ3) is 3.90. The zero-order valence-corrected chi connectivity index (χ0v) is 15.5. The summed E-state index contributed by atoms with van der Waals surface area (Å²) < 4.78 is 9.29.